The molecule has 1 unspecified atom stereocenters. The zero-order chi connectivity index (χ0) is 31.4. The molecule has 1 aromatic heterocycles. The molecule has 0 radical (unpaired) electrons. The summed E-state index contributed by atoms with van der Waals surface area (Å²) in [4.78, 5) is 13.0. The van der Waals surface area contributed by atoms with Gasteiger partial charge in [-0.25, -0.2) is 26.4 Å². The topological polar surface area (TPSA) is 143 Å². The van der Waals surface area contributed by atoms with Gasteiger partial charge in [0, 0.05) is 22.7 Å². The van der Waals surface area contributed by atoms with Gasteiger partial charge in [-0.2, -0.15) is 0 Å². The fourth-order valence-electron chi connectivity index (χ4n) is 4.55. The van der Waals surface area contributed by atoms with Gasteiger partial charge in [-0.15, -0.1) is 0 Å². The van der Waals surface area contributed by atoms with Crippen LogP contribution < -0.4 is 15.1 Å². The molecular weight excluding hydrogens is 635 g/mol. The maximum atomic E-state index is 13.1. The van der Waals surface area contributed by atoms with Gasteiger partial charge in [0.15, 0.2) is 0 Å². The molecule has 1 aliphatic carbocycles. The Balaban J connectivity index is 0.00000207. The summed E-state index contributed by atoms with van der Waals surface area (Å²) in [7, 11) is -7.96. The van der Waals surface area contributed by atoms with Gasteiger partial charge >= 0.3 is 5.63 Å². The molecule has 3 aromatic carbocycles. The molecule has 0 aliphatic heterocycles. The normalized spacial score (nSPS) is 14.0. The van der Waals surface area contributed by atoms with Gasteiger partial charge in [0.1, 0.15) is 16.4 Å². The molecule has 0 saturated heterocycles. The van der Waals surface area contributed by atoms with Crippen molar-refractivity contribution in [2.75, 3.05) is 4.72 Å². The van der Waals surface area contributed by atoms with E-state index >= 15 is 0 Å². The summed E-state index contributed by atoms with van der Waals surface area (Å²) in [5, 5.41) is 11.1. The fraction of sp³-hybridized carbons (Fsp3) is 0.233. The van der Waals surface area contributed by atoms with Crippen LogP contribution in [0.15, 0.2) is 97.9 Å². The number of hydrogen-bond donors (Lipinski definition) is 3. The number of rotatable bonds is 10. The van der Waals surface area contributed by atoms with Crippen molar-refractivity contribution in [1.82, 2.24) is 4.72 Å². The lowest BCUT2D eigenvalue weighted by atomic mass is 9.87. The van der Waals surface area contributed by atoms with Crippen molar-refractivity contribution >= 4 is 48.9 Å². The van der Waals surface area contributed by atoms with Crippen LogP contribution in [-0.4, -0.2) is 21.9 Å². The van der Waals surface area contributed by atoms with Crippen LogP contribution in [0.3, 0.4) is 0 Å². The first-order chi connectivity index (χ1) is 20.4. The van der Waals surface area contributed by atoms with E-state index in [2.05, 4.69) is 9.44 Å². The molecule has 3 N–H and O–H groups in total. The van der Waals surface area contributed by atoms with Crippen LogP contribution in [0.25, 0.3) is 0 Å². The predicted molar refractivity (Wildman–Crippen MR) is 167 cm³/mol. The maximum Gasteiger partial charge on any atom is 0.343 e. The second-order valence-corrected chi connectivity index (χ2v) is 13.8. The highest BCUT2D eigenvalue weighted by Gasteiger charge is 2.37. The second kappa shape index (κ2) is 13.5. The highest BCUT2D eigenvalue weighted by Crippen LogP contribution is 2.48. The number of aromatic hydroxyl groups is 1. The zero-order valence-corrected chi connectivity index (χ0v) is 26.4. The van der Waals surface area contributed by atoms with E-state index in [-0.39, 0.29) is 55.1 Å². The number of halogens is 2. The molecule has 13 heteroatoms. The first-order valence-corrected chi connectivity index (χ1v) is 17.2. The van der Waals surface area contributed by atoms with E-state index < -0.39 is 31.6 Å². The molecule has 1 aliphatic rings. The Bertz CT molecular complexity index is 1880. The van der Waals surface area contributed by atoms with Crippen molar-refractivity contribution in [3.63, 3.8) is 0 Å². The fourth-order valence-corrected chi connectivity index (χ4v) is 7.38. The van der Waals surface area contributed by atoms with Gasteiger partial charge in [-0.1, -0.05) is 67.4 Å². The minimum atomic E-state index is -4.09. The Hall–Kier alpha value is -3.35. The number of benzene rings is 3. The van der Waals surface area contributed by atoms with Crippen LogP contribution in [-0.2, 0) is 26.6 Å². The van der Waals surface area contributed by atoms with E-state index in [4.69, 9.17) is 27.6 Å². The molecule has 0 spiro atoms. The third kappa shape index (κ3) is 7.79. The number of hydrogen-bond acceptors (Lipinski definition) is 7. The standard InChI is InChI=1S/C28H24Cl2N2O7S2.C2H6/c29-19-11-12-23(30)25(14-19)41(37,38)32-20-6-4-5-18(13-20)26(17-9-10-17)27-24(33)15-21(39-28(27)34)16-31-40(35,36)22-7-2-1-3-8-22;1-2/h1-8,11-15,17,26,31-33H,9-10,16H2;1-2H3. The highest BCUT2D eigenvalue weighted by molar-refractivity contribution is 7.92. The summed E-state index contributed by atoms with van der Waals surface area (Å²) in [5.41, 5.74) is 0.0117. The summed E-state index contributed by atoms with van der Waals surface area (Å²) >= 11 is 12.1. The number of anilines is 1. The van der Waals surface area contributed by atoms with Crippen LogP contribution in [0.4, 0.5) is 5.69 Å². The third-order valence-corrected chi connectivity index (χ3v) is 10.1. The van der Waals surface area contributed by atoms with Gasteiger partial charge in [0.05, 0.1) is 22.0 Å². The predicted octanol–water partition coefficient (Wildman–Crippen LogP) is 6.50. The lowest BCUT2D eigenvalue weighted by Gasteiger charge is -2.19. The van der Waals surface area contributed by atoms with E-state index in [1.54, 1.807) is 42.5 Å². The quantitative estimate of drug-likeness (QED) is 0.176. The Morgan fingerprint density at radius 2 is 1.60 bits per heavy atom. The first-order valence-electron chi connectivity index (χ1n) is 13.4. The smallest absolute Gasteiger partial charge is 0.343 e. The van der Waals surface area contributed by atoms with Crippen molar-refractivity contribution in [1.29, 1.82) is 0 Å². The average Bonchev–Trinajstić information content (AvgIpc) is 3.82. The van der Waals surface area contributed by atoms with Crippen LogP contribution in [0.5, 0.6) is 5.75 Å². The molecule has 1 heterocycles. The van der Waals surface area contributed by atoms with E-state index in [0.717, 1.165) is 12.8 Å². The van der Waals surface area contributed by atoms with Crippen molar-refractivity contribution in [2.45, 2.75) is 48.9 Å². The van der Waals surface area contributed by atoms with Crippen molar-refractivity contribution < 1.29 is 26.4 Å². The number of nitrogens with one attached hydrogen (secondary N) is 2. The van der Waals surface area contributed by atoms with Crippen LogP contribution in [0.1, 0.15) is 49.5 Å². The van der Waals surface area contributed by atoms with E-state index in [1.807, 2.05) is 13.8 Å². The van der Waals surface area contributed by atoms with Gasteiger partial charge in [-0.05, 0) is 66.8 Å². The molecule has 5 rings (SSSR count). The maximum absolute atomic E-state index is 13.1. The van der Waals surface area contributed by atoms with Crippen LogP contribution in [0, 0.1) is 5.92 Å². The van der Waals surface area contributed by atoms with Crippen molar-refractivity contribution in [2.24, 2.45) is 5.92 Å². The Morgan fingerprint density at radius 1 is 0.907 bits per heavy atom. The molecular formula is C30H30Cl2N2O7S2. The van der Waals surface area contributed by atoms with Crippen LogP contribution in [0.2, 0.25) is 10.0 Å². The van der Waals surface area contributed by atoms with E-state index in [0.29, 0.717) is 5.56 Å². The summed E-state index contributed by atoms with van der Waals surface area (Å²) < 4.78 is 61.4. The van der Waals surface area contributed by atoms with Crippen LogP contribution >= 0.6 is 23.2 Å². The Morgan fingerprint density at radius 3 is 2.26 bits per heavy atom. The lowest BCUT2D eigenvalue weighted by molar-refractivity contribution is 0.401. The SMILES string of the molecule is CC.O=c1oc(CNS(=O)(=O)c2ccccc2)cc(O)c1C(c1cccc(NS(=O)(=O)c2cc(Cl)ccc2Cl)c1)C1CC1. The molecule has 1 fully saturated rings. The van der Waals surface area contributed by atoms with Gasteiger partial charge in [0.2, 0.25) is 10.0 Å². The molecule has 0 amide bonds. The number of sulfonamides is 2. The van der Waals surface area contributed by atoms with E-state index in [9.17, 15) is 26.7 Å². The summed E-state index contributed by atoms with van der Waals surface area (Å²) in [6.45, 7) is 3.65. The van der Waals surface area contributed by atoms with E-state index in [1.165, 1.54) is 36.4 Å². The van der Waals surface area contributed by atoms with Crippen molar-refractivity contribution in [3.05, 3.63) is 116 Å². The summed E-state index contributed by atoms with van der Waals surface area (Å²) in [5.74, 6) is -0.977. The summed E-state index contributed by atoms with van der Waals surface area (Å²) in [6, 6.07) is 19.5. The molecule has 1 atom stereocenters. The molecule has 228 valence electrons. The average molecular weight is 666 g/mol. The largest absolute Gasteiger partial charge is 0.507 e. The monoisotopic (exact) mass is 664 g/mol. The second-order valence-electron chi connectivity index (χ2n) is 9.56. The Kier molecular flexibility index (Phi) is 10.2. The molecule has 9 nitrogen and oxygen atoms in total. The first kappa shape index (κ1) is 32.6. The van der Waals surface area contributed by atoms with Crippen molar-refractivity contribution in [3.8, 4) is 5.75 Å². The minimum absolute atomic E-state index is 0.00240. The molecule has 0 bridgehead atoms. The lowest BCUT2D eigenvalue weighted by Crippen LogP contribution is -2.24. The summed E-state index contributed by atoms with van der Waals surface area (Å²) in [6.07, 6.45) is 1.58. The molecule has 43 heavy (non-hydrogen) atoms. The van der Waals surface area contributed by atoms with Gasteiger partial charge < -0.3 is 9.52 Å². The third-order valence-electron chi connectivity index (χ3n) is 6.59. The highest BCUT2D eigenvalue weighted by atomic mass is 35.5. The molecule has 1 saturated carbocycles. The zero-order valence-electron chi connectivity index (χ0n) is 23.3. The van der Waals surface area contributed by atoms with Gasteiger partial charge in [-0.3, -0.25) is 4.72 Å². The van der Waals surface area contributed by atoms with Gasteiger partial charge in [0.25, 0.3) is 10.0 Å². The Labute approximate surface area is 260 Å². The minimum Gasteiger partial charge on any atom is -0.507 e. The molecule has 4 aromatic rings.